The topological polar surface area (TPSA) is 50.7 Å². The molecule has 0 aliphatic heterocycles. The van der Waals surface area contributed by atoms with E-state index in [4.69, 9.17) is 9.47 Å². The second-order valence-corrected chi connectivity index (χ2v) is 5.49. The van der Waals surface area contributed by atoms with Crippen LogP contribution >= 0.6 is 0 Å². The molecular weight excluding hydrogens is 273 g/mol. The number of aliphatic hydroxyl groups excluding tert-OH is 1. The molecule has 0 radical (unpaired) electrons. The van der Waals surface area contributed by atoms with Crippen molar-refractivity contribution in [2.45, 2.75) is 32.8 Å². The minimum Gasteiger partial charge on any atom is -0.497 e. The summed E-state index contributed by atoms with van der Waals surface area (Å²) in [5.74, 6) is 0.857. The number of halogens is 1. The van der Waals surface area contributed by atoms with E-state index < -0.39 is 6.10 Å². The van der Waals surface area contributed by atoms with Crippen molar-refractivity contribution in [3.05, 3.63) is 24.0 Å². The molecule has 0 aromatic heterocycles. The van der Waals surface area contributed by atoms with Crippen molar-refractivity contribution in [2.24, 2.45) is 5.92 Å². The van der Waals surface area contributed by atoms with Gasteiger partial charge in [0.05, 0.1) is 25.5 Å². The van der Waals surface area contributed by atoms with Crippen LogP contribution in [0.4, 0.5) is 10.1 Å². The van der Waals surface area contributed by atoms with Crippen LogP contribution in [0.3, 0.4) is 0 Å². The zero-order valence-corrected chi connectivity index (χ0v) is 13.1. The molecule has 1 aromatic carbocycles. The molecule has 0 aliphatic rings. The smallest absolute Gasteiger partial charge is 0.146 e. The van der Waals surface area contributed by atoms with E-state index in [1.165, 1.54) is 13.2 Å². The van der Waals surface area contributed by atoms with Crippen molar-refractivity contribution < 1.29 is 19.0 Å². The monoisotopic (exact) mass is 299 g/mol. The summed E-state index contributed by atoms with van der Waals surface area (Å²) in [5, 5.41) is 12.7. The van der Waals surface area contributed by atoms with Gasteiger partial charge in [-0.1, -0.05) is 13.8 Å². The first-order valence-corrected chi connectivity index (χ1v) is 7.36. The molecule has 4 nitrogen and oxygen atoms in total. The molecule has 2 N–H and O–H groups in total. The Hall–Kier alpha value is -1.33. The third kappa shape index (κ3) is 7.29. The van der Waals surface area contributed by atoms with Gasteiger partial charge in [0.25, 0.3) is 0 Å². The molecule has 0 spiro atoms. The lowest BCUT2D eigenvalue weighted by atomic mass is 10.1. The summed E-state index contributed by atoms with van der Waals surface area (Å²) >= 11 is 0. The third-order valence-electron chi connectivity index (χ3n) is 3.08. The fourth-order valence-electron chi connectivity index (χ4n) is 1.87. The largest absolute Gasteiger partial charge is 0.497 e. The van der Waals surface area contributed by atoms with Crippen molar-refractivity contribution in [3.63, 3.8) is 0 Å². The number of nitrogens with one attached hydrogen (secondary N) is 1. The van der Waals surface area contributed by atoms with Crippen molar-refractivity contribution in [2.75, 3.05) is 32.2 Å². The summed E-state index contributed by atoms with van der Waals surface area (Å²) in [6.45, 7) is 5.45. The molecule has 1 rings (SSSR count). The van der Waals surface area contributed by atoms with E-state index in [1.54, 1.807) is 12.1 Å². The first kappa shape index (κ1) is 17.7. The summed E-state index contributed by atoms with van der Waals surface area (Å²) in [6.07, 6.45) is 1.43. The van der Waals surface area contributed by atoms with E-state index in [0.29, 0.717) is 24.0 Å². The molecule has 5 heteroatoms. The highest BCUT2D eigenvalue weighted by molar-refractivity contribution is 5.49. The molecule has 1 atom stereocenters. The van der Waals surface area contributed by atoms with Crippen LogP contribution in [-0.4, -0.2) is 38.1 Å². The number of aliphatic hydroxyl groups is 1. The number of benzene rings is 1. The lowest BCUT2D eigenvalue weighted by Crippen LogP contribution is -2.25. The van der Waals surface area contributed by atoms with Crippen molar-refractivity contribution in [1.82, 2.24) is 0 Å². The summed E-state index contributed by atoms with van der Waals surface area (Å²) in [5.41, 5.74) is 0.313. The lowest BCUT2D eigenvalue weighted by molar-refractivity contribution is 0.0409. The molecule has 0 saturated carbocycles. The maximum atomic E-state index is 13.6. The Morgan fingerprint density at radius 1 is 1.33 bits per heavy atom. The highest BCUT2D eigenvalue weighted by Crippen LogP contribution is 2.20. The van der Waals surface area contributed by atoms with Crippen LogP contribution in [0.15, 0.2) is 18.2 Å². The quantitative estimate of drug-likeness (QED) is 0.652. The Balaban J connectivity index is 2.25. The summed E-state index contributed by atoms with van der Waals surface area (Å²) in [4.78, 5) is 0. The van der Waals surface area contributed by atoms with Crippen LogP contribution in [0.25, 0.3) is 0 Å². The molecular formula is C16H26FNO3. The minimum absolute atomic E-state index is 0.230. The Morgan fingerprint density at radius 2 is 2.10 bits per heavy atom. The highest BCUT2D eigenvalue weighted by Gasteiger charge is 2.08. The second kappa shape index (κ2) is 9.58. The summed E-state index contributed by atoms with van der Waals surface area (Å²) in [7, 11) is 1.52. The van der Waals surface area contributed by atoms with Gasteiger partial charge in [-0.25, -0.2) is 4.39 Å². The number of ether oxygens (including phenoxy) is 2. The van der Waals surface area contributed by atoms with E-state index in [9.17, 15) is 9.50 Å². The van der Waals surface area contributed by atoms with Gasteiger partial charge in [-0.3, -0.25) is 0 Å². The predicted molar refractivity (Wildman–Crippen MR) is 82.3 cm³/mol. The van der Waals surface area contributed by atoms with E-state index in [2.05, 4.69) is 19.2 Å². The van der Waals surface area contributed by atoms with Gasteiger partial charge < -0.3 is 19.9 Å². The Morgan fingerprint density at radius 3 is 2.76 bits per heavy atom. The van der Waals surface area contributed by atoms with Gasteiger partial charge in [0.2, 0.25) is 0 Å². The highest BCUT2D eigenvalue weighted by atomic mass is 19.1. The normalized spacial score (nSPS) is 12.5. The molecule has 0 amide bonds. The molecule has 120 valence electrons. The van der Waals surface area contributed by atoms with Gasteiger partial charge >= 0.3 is 0 Å². The average Bonchev–Trinajstić information content (AvgIpc) is 2.45. The number of rotatable bonds is 10. The van der Waals surface area contributed by atoms with Gasteiger partial charge in [0.1, 0.15) is 11.6 Å². The zero-order valence-electron chi connectivity index (χ0n) is 13.1. The first-order valence-electron chi connectivity index (χ1n) is 7.36. The zero-order chi connectivity index (χ0) is 15.7. The fourth-order valence-corrected chi connectivity index (χ4v) is 1.87. The SMILES string of the molecule is COc1ccc(F)c(NCC(O)COCCCC(C)C)c1. The van der Waals surface area contributed by atoms with Gasteiger partial charge in [-0.05, 0) is 30.9 Å². The molecule has 0 bridgehead atoms. The second-order valence-electron chi connectivity index (χ2n) is 5.49. The number of anilines is 1. The maximum Gasteiger partial charge on any atom is 0.146 e. The Kier molecular flexibility index (Phi) is 8.08. The average molecular weight is 299 g/mol. The van der Waals surface area contributed by atoms with Gasteiger partial charge in [-0.15, -0.1) is 0 Å². The lowest BCUT2D eigenvalue weighted by Gasteiger charge is -2.14. The number of methoxy groups -OCH3 is 1. The molecule has 0 aliphatic carbocycles. The summed E-state index contributed by atoms with van der Waals surface area (Å²) < 4.78 is 24.0. The van der Waals surface area contributed by atoms with E-state index in [0.717, 1.165) is 12.8 Å². The molecule has 1 aromatic rings. The van der Waals surface area contributed by atoms with Gasteiger partial charge in [0.15, 0.2) is 0 Å². The van der Waals surface area contributed by atoms with Crippen LogP contribution < -0.4 is 10.1 Å². The Labute approximate surface area is 126 Å². The number of hydrogen-bond donors (Lipinski definition) is 2. The van der Waals surface area contributed by atoms with Crippen molar-refractivity contribution in [3.8, 4) is 5.75 Å². The first-order chi connectivity index (χ1) is 10.0. The minimum atomic E-state index is -0.672. The number of hydrogen-bond acceptors (Lipinski definition) is 4. The molecule has 0 heterocycles. The van der Waals surface area contributed by atoms with Gasteiger partial charge in [0, 0.05) is 19.2 Å². The molecule has 21 heavy (non-hydrogen) atoms. The van der Waals surface area contributed by atoms with Crippen LogP contribution in [0, 0.1) is 11.7 Å². The van der Waals surface area contributed by atoms with Crippen molar-refractivity contribution >= 4 is 5.69 Å². The predicted octanol–water partition coefficient (Wildman–Crippen LogP) is 3.06. The fraction of sp³-hybridized carbons (Fsp3) is 0.625. The van der Waals surface area contributed by atoms with Gasteiger partial charge in [-0.2, -0.15) is 0 Å². The molecule has 0 fully saturated rings. The van der Waals surface area contributed by atoms with Crippen LogP contribution in [0.2, 0.25) is 0 Å². The van der Waals surface area contributed by atoms with Crippen LogP contribution in [-0.2, 0) is 4.74 Å². The van der Waals surface area contributed by atoms with E-state index >= 15 is 0 Å². The maximum absolute atomic E-state index is 13.6. The van der Waals surface area contributed by atoms with Crippen LogP contribution in [0.1, 0.15) is 26.7 Å². The summed E-state index contributed by atoms with van der Waals surface area (Å²) in [6, 6.07) is 4.44. The Bertz CT molecular complexity index is 413. The van der Waals surface area contributed by atoms with E-state index in [-0.39, 0.29) is 19.0 Å². The van der Waals surface area contributed by atoms with Crippen molar-refractivity contribution in [1.29, 1.82) is 0 Å². The van der Waals surface area contributed by atoms with Crippen LogP contribution in [0.5, 0.6) is 5.75 Å². The third-order valence-corrected chi connectivity index (χ3v) is 3.08. The molecule has 1 unspecified atom stereocenters. The standard InChI is InChI=1S/C16H26FNO3/c1-12(2)5-4-8-21-11-13(19)10-18-16-9-14(20-3)6-7-15(16)17/h6-7,9,12-13,18-19H,4-5,8,10-11H2,1-3H3. The van der Waals surface area contributed by atoms with E-state index in [1.807, 2.05) is 0 Å². The molecule has 0 saturated heterocycles.